The van der Waals surface area contributed by atoms with E-state index in [4.69, 9.17) is 0 Å². The number of aryl methyl sites for hydroxylation is 1. The molecule has 94 valence electrons. The molecule has 0 saturated heterocycles. The summed E-state index contributed by atoms with van der Waals surface area (Å²) in [7, 11) is 0. The van der Waals surface area contributed by atoms with Crippen LogP contribution >= 0.6 is 0 Å². The molecule has 2 saturated carbocycles. The van der Waals surface area contributed by atoms with Gasteiger partial charge >= 0.3 is 0 Å². The van der Waals surface area contributed by atoms with E-state index in [0.29, 0.717) is 36.9 Å². The van der Waals surface area contributed by atoms with Crippen molar-refractivity contribution in [3.05, 3.63) is 35.4 Å². The fourth-order valence-electron chi connectivity index (χ4n) is 3.72. The largest absolute Gasteiger partial charge is 0.300 e. The van der Waals surface area contributed by atoms with Gasteiger partial charge in [0.2, 0.25) is 0 Å². The third kappa shape index (κ3) is 1.80. The summed E-state index contributed by atoms with van der Waals surface area (Å²) in [4.78, 5) is 23.6. The molecule has 0 amide bonds. The van der Waals surface area contributed by atoms with E-state index in [-0.39, 0.29) is 11.7 Å². The Balaban J connectivity index is 1.93. The van der Waals surface area contributed by atoms with Crippen molar-refractivity contribution >= 4 is 11.6 Å². The molecule has 1 aromatic carbocycles. The molecule has 0 radical (unpaired) electrons. The lowest BCUT2D eigenvalue weighted by Gasteiger charge is -2.28. The van der Waals surface area contributed by atoms with Crippen LogP contribution in [0.15, 0.2) is 24.3 Å². The van der Waals surface area contributed by atoms with E-state index in [0.717, 1.165) is 6.42 Å². The van der Waals surface area contributed by atoms with Crippen LogP contribution < -0.4 is 0 Å². The SMILES string of the molecule is Cc1ccccc1[C@H]1CC(=O)[C@H]2CC(=O)CC[C@H]21. The lowest BCUT2D eigenvalue weighted by atomic mass is 9.75. The van der Waals surface area contributed by atoms with Crippen molar-refractivity contribution in [2.75, 3.05) is 0 Å². The summed E-state index contributed by atoms with van der Waals surface area (Å²) < 4.78 is 0. The molecule has 0 aliphatic heterocycles. The van der Waals surface area contributed by atoms with E-state index in [9.17, 15) is 9.59 Å². The van der Waals surface area contributed by atoms with Crippen molar-refractivity contribution in [3.63, 3.8) is 0 Å². The molecule has 3 rings (SSSR count). The second-order valence-electron chi connectivity index (χ2n) is 5.69. The van der Waals surface area contributed by atoms with Crippen LogP contribution in [0.5, 0.6) is 0 Å². The van der Waals surface area contributed by atoms with Crippen molar-refractivity contribution in [2.24, 2.45) is 11.8 Å². The minimum atomic E-state index is 0.0101. The zero-order valence-corrected chi connectivity index (χ0v) is 10.7. The van der Waals surface area contributed by atoms with Crippen molar-refractivity contribution in [3.8, 4) is 0 Å². The number of rotatable bonds is 1. The minimum absolute atomic E-state index is 0.0101. The second-order valence-corrected chi connectivity index (χ2v) is 5.69. The van der Waals surface area contributed by atoms with Gasteiger partial charge in [0.05, 0.1) is 0 Å². The molecular formula is C16H18O2. The third-order valence-corrected chi connectivity index (χ3v) is 4.66. The zero-order chi connectivity index (χ0) is 12.7. The van der Waals surface area contributed by atoms with Crippen LogP contribution in [0, 0.1) is 18.8 Å². The molecule has 18 heavy (non-hydrogen) atoms. The molecule has 1 aromatic rings. The van der Waals surface area contributed by atoms with Gasteiger partial charge in [0.25, 0.3) is 0 Å². The molecule has 2 aliphatic carbocycles. The first-order valence-electron chi connectivity index (χ1n) is 6.77. The maximum Gasteiger partial charge on any atom is 0.137 e. The molecule has 0 bridgehead atoms. The molecule has 2 fully saturated rings. The van der Waals surface area contributed by atoms with Gasteiger partial charge < -0.3 is 0 Å². The molecular weight excluding hydrogens is 224 g/mol. The number of carbonyl (C=O) groups is 2. The van der Waals surface area contributed by atoms with Crippen molar-refractivity contribution in [2.45, 2.75) is 38.5 Å². The van der Waals surface area contributed by atoms with Gasteiger partial charge in [-0.25, -0.2) is 0 Å². The van der Waals surface area contributed by atoms with E-state index in [1.54, 1.807) is 0 Å². The highest BCUT2D eigenvalue weighted by Crippen LogP contribution is 2.48. The van der Waals surface area contributed by atoms with Crippen LogP contribution in [0.1, 0.15) is 42.7 Å². The highest BCUT2D eigenvalue weighted by atomic mass is 16.1. The number of benzene rings is 1. The summed E-state index contributed by atoms with van der Waals surface area (Å²) in [6.07, 6.45) is 2.68. The number of hydrogen-bond acceptors (Lipinski definition) is 2. The van der Waals surface area contributed by atoms with Crippen LogP contribution in [0.25, 0.3) is 0 Å². The van der Waals surface area contributed by atoms with Gasteiger partial charge in [-0.3, -0.25) is 9.59 Å². The minimum Gasteiger partial charge on any atom is -0.300 e. The predicted octanol–water partition coefficient (Wildman–Crippen LogP) is 3.04. The zero-order valence-electron chi connectivity index (χ0n) is 10.7. The molecule has 2 aliphatic rings. The first kappa shape index (κ1) is 11.6. The van der Waals surface area contributed by atoms with E-state index in [2.05, 4.69) is 19.1 Å². The smallest absolute Gasteiger partial charge is 0.137 e. The predicted molar refractivity (Wildman–Crippen MR) is 69.4 cm³/mol. The van der Waals surface area contributed by atoms with Crippen molar-refractivity contribution in [1.29, 1.82) is 0 Å². The van der Waals surface area contributed by atoms with E-state index in [1.807, 2.05) is 12.1 Å². The molecule has 2 nitrogen and oxygen atoms in total. The monoisotopic (exact) mass is 242 g/mol. The summed E-state index contributed by atoms with van der Waals surface area (Å²) in [6, 6.07) is 8.35. The third-order valence-electron chi connectivity index (χ3n) is 4.66. The summed E-state index contributed by atoms with van der Waals surface area (Å²) in [6.45, 7) is 2.11. The van der Waals surface area contributed by atoms with Crippen LogP contribution in [-0.4, -0.2) is 11.6 Å². The normalized spacial score (nSPS) is 31.5. The van der Waals surface area contributed by atoms with Crippen LogP contribution in [0.2, 0.25) is 0 Å². The standard InChI is InChI=1S/C16H18O2/c1-10-4-2-3-5-12(10)14-9-16(18)15-8-11(17)6-7-13(14)15/h2-5,13-15H,6-9H2,1H3/t13-,14+,15-/m0/s1. The fraction of sp³-hybridized carbons (Fsp3) is 0.500. The van der Waals surface area contributed by atoms with Gasteiger partial charge in [0.15, 0.2) is 0 Å². The summed E-state index contributed by atoms with van der Waals surface area (Å²) in [5.41, 5.74) is 2.58. The topological polar surface area (TPSA) is 34.1 Å². The maximum absolute atomic E-state index is 12.1. The van der Waals surface area contributed by atoms with Crippen LogP contribution in [-0.2, 0) is 9.59 Å². The van der Waals surface area contributed by atoms with E-state index >= 15 is 0 Å². The number of hydrogen-bond donors (Lipinski definition) is 0. The summed E-state index contributed by atoms with van der Waals surface area (Å²) in [5.74, 6) is 1.33. The molecule has 0 heterocycles. The van der Waals surface area contributed by atoms with E-state index < -0.39 is 0 Å². The van der Waals surface area contributed by atoms with E-state index in [1.165, 1.54) is 11.1 Å². The Morgan fingerprint density at radius 2 is 1.83 bits per heavy atom. The lowest BCUT2D eigenvalue weighted by molar-refractivity contribution is -0.129. The number of Topliss-reactive ketones (excluding diaryl/α,β-unsaturated/α-hetero) is 2. The van der Waals surface area contributed by atoms with Gasteiger partial charge in [0.1, 0.15) is 11.6 Å². The Morgan fingerprint density at radius 3 is 2.61 bits per heavy atom. The van der Waals surface area contributed by atoms with Gasteiger partial charge in [-0.1, -0.05) is 24.3 Å². The summed E-state index contributed by atoms with van der Waals surface area (Å²) in [5, 5.41) is 0. The first-order valence-corrected chi connectivity index (χ1v) is 6.77. The highest BCUT2D eigenvalue weighted by molar-refractivity contribution is 5.91. The molecule has 2 heteroatoms. The van der Waals surface area contributed by atoms with Crippen LogP contribution in [0.3, 0.4) is 0 Å². The average Bonchev–Trinajstić information content (AvgIpc) is 2.67. The molecule has 0 unspecified atom stereocenters. The fourth-order valence-corrected chi connectivity index (χ4v) is 3.72. The number of ketones is 2. The highest BCUT2D eigenvalue weighted by Gasteiger charge is 2.45. The van der Waals surface area contributed by atoms with Gasteiger partial charge in [-0.2, -0.15) is 0 Å². The quantitative estimate of drug-likeness (QED) is 0.758. The van der Waals surface area contributed by atoms with Gasteiger partial charge in [-0.15, -0.1) is 0 Å². The van der Waals surface area contributed by atoms with Gasteiger partial charge in [-0.05, 0) is 36.3 Å². The van der Waals surface area contributed by atoms with Crippen molar-refractivity contribution in [1.82, 2.24) is 0 Å². The Hall–Kier alpha value is -1.44. The van der Waals surface area contributed by atoms with Crippen molar-refractivity contribution < 1.29 is 9.59 Å². The first-order chi connectivity index (χ1) is 8.66. The molecule has 0 aromatic heterocycles. The van der Waals surface area contributed by atoms with Crippen LogP contribution in [0.4, 0.5) is 0 Å². The molecule has 0 spiro atoms. The molecule has 0 N–H and O–H groups in total. The Morgan fingerprint density at radius 1 is 1.06 bits per heavy atom. The Labute approximate surface area is 107 Å². The molecule has 3 atom stereocenters. The number of fused-ring (bicyclic) bond motifs is 1. The Kier molecular flexibility index (Phi) is 2.81. The number of carbonyl (C=O) groups excluding carboxylic acids is 2. The Bertz CT molecular complexity index is 504. The average molecular weight is 242 g/mol. The lowest BCUT2D eigenvalue weighted by Crippen LogP contribution is -2.26. The van der Waals surface area contributed by atoms with Gasteiger partial charge in [0, 0.05) is 25.2 Å². The maximum atomic E-state index is 12.1. The summed E-state index contributed by atoms with van der Waals surface area (Å²) >= 11 is 0. The second kappa shape index (κ2) is 4.34.